The molecule has 0 aromatic heterocycles. The van der Waals surface area contributed by atoms with Gasteiger partial charge < -0.3 is 0 Å². The summed E-state index contributed by atoms with van der Waals surface area (Å²) < 4.78 is -0.488. The summed E-state index contributed by atoms with van der Waals surface area (Å²) >= 11 is 12.7. The van der Waals surface area contributed by atoms with E-state index in [4.69, 9.17) is 23.2 Å². The highest BCUT2D eigenvalue weighted by molar-refractivity contribution is 6.51. The number of benzene rings is 1. The lowest BCUT2D eigenvalue weighted by Gasteiger charge is -2.31. The van der Waals surface area contributed by atoms with Crippen molar-refractivity contribution in [3.8, 4) is 0 Å². The Bertz CT molecular complexity index is 434. The Morgan fingerprint density at radius 2 is 1.33 bits per heavy atom. The summed E-state index contributed by atoms with van der Waals surface area (Å²) in [5.41, 5.74) is 2.88. The smallest absolute Gasteiger partial charge is 0.101 e. The summed E-state index contributed by atoms with van der Waals surface area (Å²) in [6, 6.07) is 8.65. The zero-order chi connectivity index (χ0) is 10.2. The molecule has 76 valence electrons. The molecule has 0 heterocycles. The van der Waals surface area contributed by atoms with E-state index in [1.165, 1.54) is 11.1 Å². The van der Waals surface area contributed by atoms with Crippen LogP contribution in [0.1, 0.15) is 23.0 Å². The van der Waals surface area contributed by atoms with E-state index in [0.29, 0.717) is 23.7 Å². The standard InChI is InChI=1S/C13H10Cl2/c14-13(15)11-9-5-6-10(12(11)13)8-4-2-1-3-7(8)9/h1-6,9-12H/t9-,10+,11+,12-. The summed E-state index contributed by atoms with van der Waals surface area (Å²) in [5.74, 6) is 1.80. The second-order valence-corrected chi connectivity index (χ2v) is 6.24. The van der Waals surface area contributed by atoms with Crippen LogP contribution in [0.4, 0.5) is 0 Å². The van der Waals surface area contributed by atoms with Gasteiger partial charge in [-0.1, -0.05) is 36.4 Å². The molecule has 15 heavy (non-hydrogen) atoms. The predicted molar refractivity (Wildman–Crippen MR) is 62.5 cm³/mol. The van der Waals surface area contributed by atoms with E-state index in [1.54, 1.807) is 0 Å². The molecule has 4 aliphatic carbocycles. The van der Waals surface area contributed by atoms with Crippen molar-refractivity contribution in [3.05, 3.63) is 47.5 Å². The van der Waals surface area contributed by atoms with Gasteiger partial charge in [-0.05, 0) is 11.1 Å². The number of allylic oxidation sites excluding steroid dienone is 2. The maximum Gasteiger partial charge on any atom is 0.126 e. The number of hydrogen-bond acceptors (Lipinski definition) is 0. The SMILES string of the molecule is ClC1(Cl)[C@@H]2[C@H]1[C@H]1C=C[C@@H]2c2ccccc21. The highest BCUT2D eigenvalue weighted by atomic mass is 35.5. The number of alkyl halides is 2. The van der Waals surface area contributed by atoms with E-state index in [-0.39, 0.29) is 0 Å². The quantitative estimate of drug-likeness (QED) is 0.474. The lowest BCUT2D eigenvalue weighted by molar-refractivity contribution is 0.523. The molecule has 0 aliphatic heterocycles. The van der Waals surface area contributed by atoms with Crippen LogP contribution in [0.5, 0.6) is 0 Å². The third-order valence-corrected chi connectivity index (χ3v) is 5.19. The summed E-state index contributed by atoms with van der Waals surface area (Å²) in [6.45, 7) is 0. The molecule has 1 saturated carbocycles. The highest BCUT2D eigenvalue weighted by Gasteiger charge is 2.71. The maximum atomic E-state index is 6.36. The Labute approximate surface area is 98.9 Å². The lowest BCUT2D eigenvalue weighted by atomic mass is 9.72. The highest BCUT2D eigenvalue weighted by Crippen LogP contribution is 2.74. The van der Waals surface area contributed by atoms with Crippen LogP contribution in [0.2, 0.25) is 0 Å². The van der Waals surface area contributed by atoms with Crippen molar-refractivity contribution in [2.75, 3.05) is 0 Å². The molecule has 1 fully saturated rings. The summed E-state index contributed by atoms with van der Waals surface area (Å²) in [7, 11) is 0. The van der Waals surface area contributed by atoms with E-state index >= 15 is 0 Å². The minimum Gasteiger partial charge on any atom is -0.101 e. The van der Waals surface area contributed by atoms with Gasteiger partial charge in [-0.15, -0.1) is 23.2 Å². The monoisotopic (exact) mass is 236 g/mol. The molecule has 0 radical (unpaired) electrons. The second-order valence-electron chi connectivity index (χ2n) is 4.79. The second kappa shape index (κ2) is 2.44. The molecule has 0 unspecified atom stereocenters. The van der Waals surface area contributed by atoms with E-state index in [2.05, 4.69) is 36.4 Å². The largest absolute Gasteiger partial charge is 0.126 e. The molecule has 0 amide bonds. The molecule has 2 heteroatoms. The first-order chi connectivity index (χ1) is 7.21. The van der Waals surface area contributed by atoms with E-state index in [0.717, 1.165) is 0 Å². The molecule has 0 spiro atoms. The average Bonchev–Trinajstić information content (AvgIpc) is 2.86. The molecule has 0 nitrogen and oxygen atoms in total. The fourth-order valence-electron chi connectivity index (χ4n) is 3.49. The number of rotatable bonds is 0. The van der Waals surface area contributed by atoms with E-state index in [1.807, 2.05) is 0 Å². The first-order valence-electron chi connectivity index (χ1n) is 5.36. The minimum absolute atomic E-state index is 0.450. The molecular formula is C13H10Cl2. The number of halogens is 2. The Morgan fingerprint density at radius 3 is 1.80 bits per heavy atom. The van der Waals surface area contributed by atoms with Crippen LogP contribution < -0.4 is 0 Å². The molecule has 2 bridgehead atoms. The van der Waals surface area contributed by atoms with Gasteiger partial charge in [0.15, 0.2) is 0 Å². The first kappa shape index (κ1) is 8.66. The first-order valence-corrected chi connectivity index (χ1v) is 6.12. The van der Waals surface area contributed by atoms with Crippen molar-refractivity contribution < 1.29 is 0 Å². The minimum atomic E-state index is -0.488. The molecule has 4 atom stereocenters. The lowest BCUT2D eigenvalue weighted by Crippen LogP contribution is -2.19. The Morgan fingerprint density at radius 1 is 0.867 bits per heavy atom. The molecule has 1 aromatic carbocycles. The summed E-state index contributed by atoms with van der Waals surface area (Å²) in [6.07, 6.45) is 4.58. The topological polar surface area (TPSA) is 0 Å². The molecular weight excluding hydrogens is 227 g/mol. The molecule has 0 N–H and O–H groups in total. The van der Waals surface area contributed by atoms with Crippen molar-refractivity contribution in [2.45, 2.75) is 16.2 Å². The molecule has 4 aliphatic rings. The third kappa shape index (κ3) is 0.869. The molecule has 0 saturated heterocycles. The van der Waals surface area contributed by atoms with Gasteiger partial charge in [0, 0.05) is 23.7 Å². The van der Waals surface area contributed by atoms with Gasteiger partial charge in [-0.3, -0.25) is 0 Å². The van der Waals surface area contributed by atoms with Crippen molar-refractivity contribution in [1.82, 2.24) is 0 Å². The molecule has 1 aromatic rings. The van der Waals surface area contributed by atoms with Gasteiger partial charge in [0.2, 0.25) is 0 Å². The van der Waals surface area contributed by atoms with Crippen LogP contribution in [-0.4, -0.2) is 4.33 Å². The van der Waals surface area contributed by atoms with Gasteiger partial charge in [0.1, 0.15) is 4.33 Å². The van der Waals surface area contributed by atoms with Crippen LogP contribution in [0.25, 0.3) is 0 Å². The van der Waals surface area contributed by atoms with Crippen molar-refractivity contribution >= 4 is 23.2 Å². The Kier molecular flexibility index (Phi) is 1.41. The summed E-state index contributed by atoms with van der Waals surface area (Å²) in [5, 5.41) is 0. The number of hydrogen-bond donors (Lipinski definition) is 0. The zero-order valence-corrected chi connectivity index (χ0v) is 9.54. The summed E-state index contributed by atoms with van der Waals surface area (Å²) in [4.78, 5) is 0. The Balaban J connectivity index is 1.95. The zero-order valence-electron chi connectivity index (χ0n) is 8.03. The fourth-order valence-corrected chi connectivity index (χ4v) is 4.45. The van der Waals surface area contributed by atoms with Crippen molar-refractivity contribution in [3.63, 3.8) is 0 Å². The normalized spacial score (nSPS) is 42.3. The predicted octanol–water partition coefficient (Wildman–Crippen LogP) is 3.86. The van der Waals surface area contributed by atoms with Gasteiger partial charge in [-0.25, -0.2) is 0 Å². The van der Waals surface area contributed by atoms with E-state index < -0.39 is 4.33 Å². The third-order valence-electron chi connectivity index (χ3n) is 4.18. The average molecular weight is 237 g/mol. The van der Waals surface area contributed by atoms with Crippen LogP contribution in [0.15, 0.2) is 36.4 Å². The maximum absolute atomic E-state index is 6.36. The van der Waals surface area contributed by atoms with Gasteiger partial charge in [-0.2, -0.15) is 0 Å². The van der Waals surface area contributed by atoms with Crippen LogP contribution in [-0.2, 0) is 0 Å². The van der Waals surface area contributed by atoms with Crippen LogP contribution >= 0.6 is 23.2 Å². The van der Waals surface area contributed by atoms with Gasteiger partial charge >= 0.3 is 0 Å². The van der Waals surface area contributed by atoms with E-state index in [9.17, 15) is 0 Å². The fraction of sp³-hybridized carbons (Fsp3) is 0.385. The molecule has 5 rings (SSSR count). The van der Waals surface area contributed by atoms with Crippen molar-refractivity contribution in [1.29, 1.82) is 0 Å². The van der Waals surface area contributed by atoms with Gasteiger partial charge in [0.25, 0.3) is 0 Å². The Hall–Kier alpha value is -0.460. The van der Waals surface area contributed by atoms with Crippen LogP contribution in [0.3, 0.4) is 0 Å². The van der Waals surface area contributed by atoms with Crippen molar-refractivity contribution in [2.24, 2.45) is 11.8 Å². The van der Waals surface area contributed by atoms with Gasteiger partial charge in [0.05, 0.1) is 0 Å². The van der Waals surface area contributed by atoms with Crippen LogP contribution in [0, 0.1) is 11.8 Å².